The molecule has 140 valence electrons. The van der Waals surface area contributed by atoms with Crippen LogP contribution in [0.5, 0.6) is 11.5 Å². The molecular weight excluding hydrogens is 378 g/mol. The van der Waals surface area contributed by atoms with Crippen molar-refractivity contribution >= 4 is 27.3 Å². The molecule has 2 rings (SSSR count). The van der Waals surface area contributed by atoms with Gasteiger partial charge in [0.2, 0.25) is 5.91 Å². The van der Waals surface area contributed by atoms with E-state index in [9.17, 15) is 13.2 Å². The predicted octanol–water partition coefficient (Wildman–Crippen LogP) is 2.49. The van der Waals surface area contributed by atoms with E-state index in [0.717, 1.165) is 5.56 Å². The molecule has 0 radical (unpaired) electrons. The highest BCUT2D eigenvalue weighted by atomic mass is 35.5. The number of hydrogen-bond donors (Lipinski definition) is 1. The van der Waals surface area contributed by atoms with E-state index in [1.165, 1.54) is 32.4 Å². The second-order valence-electron chi connectivity index (χ2n) is 5.49. The molecule has 0 unspecified atom stereocenters. The highest BCUT2D eigenvalue weighted by Crippen LogP contribution is 2.29. The predicted molar refractivity (Wildman–Crippen MR) is 99.8 cm³/mol. The maximum absolute atomic E-state index is 12.4. The molecule has 1 amide bonds. The second kappa shape index (κ2) is 8.91. The lowest BCUT2D eigenvalue weighted by molar-refractivity contribution is -0.120. The highest BCUT2D eigenvalue weighted by molar-refractivity contribution is 7.91. The van der Waals surface area contributed by atoms with Gasteiger partial charge in [-0.25, -0.2) is 8.42 Å². The number of ether oxygens (including phenoxy) is 2. The Morgan fingerprint density at radius 3 is 2.31 bits per heavy atom. The third kappa shape index (κ3) is 5.37. The van der Waals surface area contributed by atoms with Crippen LogP contribution in [0.1, 0.15) is 5.56 Å². The van der Waals surface area contributed by atoms with Crippen LogP contribution >= 0.6 is 11.6 Å². The number of rotatable bonds is 8. The maximum Gasteiger partial charge on any atom is 0.224 e. The van der Waals surface area contributed by atoms with Crippen LogP contribution in [0, 0.1) is 0 Å². The van der Waals surface area contributed by atoms with Crippen molar-refractivity contribution in [2.45, 2.75) is 11.3 Å². The zero-order chi connectivity index (χ0) is 19.2. The summed E-state index contributed by atoms with van der Waals surface area (Å²) >= 11 is 5.80. The minimum absolute atomic E-state index is 0.0170. The highest BCUT2D eigenvalue weighted by Gasteiger charge is 2.17. The average Bonchev–Trinajstić information content (AvgIpc) is 2.62. The van der Waals surface area contributed by atoms with Gasteiger partial charge in [-0.15, -0.1) is 0 Å². The summed E-state index contributed by atoms with van der Waals surface area (Å²) in [5, 5.41) is 3.21. The molecule has 0 saturated heterocycles. The van der Waals surface area contributed by atoms with Gasteiger partial charge in [0, 0.05) is 17.6 Å². The summed E-state index contributed by atoms with van der Waals surface area (Å²) in [7, 11) is -0.650. The second-order valence-corrected chi connectivity index (χ2v) is 8.03. The van der Waals surface area contributed by atoms with Gasteiger partial charge in [0.1, 0.15) is 0 Å². The zero-order valence-corrected chi connectivity index (χ0v) is 16.1. The van der Waals surface area contributed by atoms with Crippen LogP contribution in [0.25, 0.3) is 0 Å². The number of carbonyl (C=O) groups excluding carboxylic acids is 1. The van der Waals surface area contributed by atoms with Crippen molar-refractivity contribution in [3.63, 3.8) is 0 Å². The number of halogens is 1. The van der Waals surface area contributed by atoms with E-state index in [1.807, 2.05) is 0 Å². The lowest BCUT2D eigenvalue weighted by atomic mass is 10.1. The number of nitrogens with one attached hydrogen (secondary N) is 1. The summed E-state index contributed by atoms with van der Waals surface area (Å²) in [6, 6.07) is 11.3. The Morgan fingerprint density at radius 2 is 1.69 bits per heavy atom. The van der Waals surface area contributed by atoms with E-state index in [-0.39, 0.29) is 29.5 Å². The largest absolute Gasteiger partial charge is 0.493 e. The minimum Gasteiger partial charge on any atom is -0.493 e. The quantitative estimate of drug-likeness (QED) is 0.740. The van der Waals surface area contributed by atoms with Crippen LogP contribution in [-0.2, 0) is 21.1 Å². The fourth-order valence-corrected chi connectivity index (χ4v) is 3.60. The number of amides is 1. The van der Waals surface area contributed by atoms with Crippen LogP contribution in [-0.4, -0.2) is 40.8 Å². The van der Waals surface area contributed by atoms with E-state index >= 15 is 0 Å². The fourth-order valence-electron chi connectivity index (χ4n) is 2.30. The van der Waals surface area contributed by atoms with Crippen LogP contribution < -0.4 is 14.8 Å². The third-order valence-corrected chi connectivity index (χ3v) is 5.65. The van der Waals surface area contributed by atoms with E-state index in [2.05, 4.69) is 5.32 Å². The first kappa shape index (κ1) is 20.1. The van der Waals surface area contributed by atoms with Gasteiger partial charge in [-0.1, -0.05) is 23.7 Å². The topological polar surface area (TPSA) is 81.7 Å². The molecule has 2 aromatic carbocycles. The molecule has 0 fully saturated rings. The molecule has 0 atom stereocenters. The van der Waals surface area contributed by atoms with Gasteiger partial charge >= 0.3 is 0 Å². The van der Waals surface area contributed by atoms with Crippen molar-refractivity contribution in [2.75, 3.05) is 26.5 Å². The number of carbonyl (C=O) groups is 1. The van der Waals surface area contributed by atoms with Gasteiger partial charge in [-0.2, -0.15) is 0 Å². The minimum atomic E-state index is -3.56. The van der Waals surface area contributed by atoms with Crippen LogP contribution in [0.3, 0.4) is 0 Å². The summed E-state index contributed by atoms with van der Waals surface area (Å²) in [5.74, 6) is 0.312. The van der Waals surface area contributed by atoms with Crippen molar-refractivity contribution < 1.29 is 22.7 Å². The van der Waals surface area contributed by atoms with Crippen molar-refractivity contribution in [3.8, 4) is 11.5 Å². The molecule has 0 aliphatic carbocycles. The first-order valence-corrected chi connectivity index (χ1v) is 9.84. The Hall–Kier alpha value is -2.25. The molecule has 0 heterocycles. The molecule has 0 aromatic heterocycles. The standard InChI is InChI=1S/C18H20ClNO5S/c1-24-16-8-7-15(12-17(16)25-2)26(22,23)10-9-20-18(21)11-13-3-5-14(19)6-4-13/h3-8,12H,9-11H2,1-2H3,(H,20,21). The van der Waals surface area contributed by atoms with Crippen LogP contribution in [0.2, 0.25) is 5.02 Å². The molecule has 2 aromatic rings. The van der Waals surface area contributed by atoms with Crippen LogP contribution in [0.15, 0.2) is 47.4 Å². The summed E-state index contributed by atoms with van der Waals surface area (Å²) in [6.45, 7) is 0.0170. The number of benzene rings is 2. The third-order valence-electron chi connectivity index (χ3n) is 3.69. The van der Waals surface area contributed by atoms with Gasteiger partial charge in [-0.05, 0) is 29.8 Å². The monoisotopic (exact) mass is 397 g/mol. The fraction of sp³-hybridized carbons (Fsp3) is 0.278. The van der Waals surface area contributed by atoms with E-state index < -0.39 is 9.84 Å². The normalized spacial score (nSPS) is 11.0. The lowest BCUT2D eigenvalue weighted by Gasteiger charge is -2.10. The van der Waals surface area contributed by atoms with Crippen molar-refractivity contribution in [3.05, 3.63) is 53.1 Å². The zero-order valence-electron chi connectivity index (χ0n) is 14.5. The van der Waals surface area contributed by atoms with E-state index in [0.29, 0.717) is 16.5 Å². The summed E-state index contributed by atoms with van der Waals surface area (Å²) in [4.78, 5) is 12.0. The van der Waals surface area contributed by atoms with Gasteiger partial charge in [0.15, 0.2) is 21.3 Å². The number of sulfone groups is 1. The molecule has 0 bridgehead atoms. The number of methoxy groups -OCH3 is 2. The molecule has 8 heteroatoms. The molecule has 1 N–H and O–H groups in total. The van der Waals surface area contributed by atoms with Gasteiger partial charge in [0.25, 0.3) is 0 Å². The Balaban J connectivity index is 1.93. The Morgan fingerprint density at radius 1 is 1.04 bits per heavy atom. The van der Waals surface area contributed by atoms with E-state index in [4.69, 9.17) is 21.1 Å². The lowest BCUT2D eigenvalue weighted by Crippen LogP contribution is -2.30. The molecule has 0 saturated carbocycles. The summed E-state index contributed by atoms with van der Waals surface area (Å²) in [5.41, 5.74) is 0.801. The number of hydrogen-bond acceptors (Lipinski definition) is 5. The molecule has 0 aliphatic heterocycles. The Labute approximate surface area is 158 Å². The van der Waals surface area contributed by atoms with Gasteiger partial charge < -0.3 is 14.8 Å². The molecule has 0 aliphatic rings. The molecule has 6 nitrogen and oxygen atoms in total. The van der Waals surface area contributed by atoms with Gasteiger partial charge in [-0.3, -0.25) is 4.79 Å². The first-order chi connectivity index (χ1) is 12.4. The van der Waals surface area contributed by atoms with Crippen molar-refractivity contribution in [1.29, 1.82) is 0 Å². The molecule has 0 spiro atoms. The molecular formula is C18H20ClNO5S. The Bertz CT molecular complexity index is 866. The maximum atomic E-state index is 12.4. The Kier molecular flexibility index (Phi) is 6.88. The molecule has 26 heavy (non-hydrogen) atoms. The summed E-state index contributed by atoms with van der Waals surface area (Å²) < 4.78 is 35.0. The average molecular weight is 398 g/mol. The summed E-state index contributed by atoms with van der Waals surface area (Å²) in [6.07, 6.45) is 0.160. The van der Waals surface area contributed by atoms with Crippen molar-refractivity contribution in [2.24, 2.45) is 0 Å². The van der Waals surface area contributed by atoms with Crippen molar-refractivity contribution in [1.82, 2.24) is 5.32 Å². The first-order valence-electron chi connectivity index (χ1n) is 7.81. The van der Waals surface area contributed by atoms with Crippen LogP contribution in [0.4, 0.5) is 0 Å². The van der Waals surface area contributed by atoms with E-state index in [1.54, 1.807) is 24.3 Å². The smallest absolute Gasteiger partial charge is 0.224 e. The van der Waals surface area contributed by atoms with Gasteiger partial charge in [0.05, 0.1) is 31.3 Å². The SMILES string of the molecule is COc1ccc(S(=O)(=O)CCNC(=O)Cc2ccc(Cl)cc2)cc1OC.